The summed E-state index contributed by atoms with van der Waals surface area (Å²) in [4.78, 5) is 11.0. The number of carbonyl (C=O) groups is 1. The van der Waals surface area contributed by atoms with Gasteiger partial charge in [0.2, 0.25) is 5.91 Å². The van der Waals surface area contributed by atoms with Crippen molar-refractivity contribution < 1.29 is 9.53 Å². The van der Waals surface area contributed by atoms with Crippen LogP contribution in [0.25, 0.3) is 0 Å². The molecule has 0 saturated heterocycles. The highest BCUT2D eigenvalue weighted by Crippen LogP contribution is 2.02. The van der Waals surface area contributed by atoms with Gasteiger partial charge in [-0.1, -0.05) is 6.42 Å². The van der Waals surface area contributed by atoms with E-state index in [1.54, 1.807) is 13.2 Å². The Kier molecular flexibility index (Phi) is 7.76. The molecule has 0 aromatic carbocycles. The van der Waals surface area contributed by atoms with Crippen LogP contribution in [0.2, 0.25) is 0 Å². The maximum absolute atomic E-state index is 11.0. The van der Waals surface area contributed by atoms with E-state index in [2.05, 4.69) is 20.7 Å². The fourth-order valence-electron chi connectivity index (χ4n) is 1.67. The first-order valence-corrected chi connectivity index (χ1v) is 6.61. The highest BCUT2D eigenvalue weighted by atomic mass is 16.5. The molecule has 7 nitrogen and oxygen atoms in total. The Labute approximate surface area is 113 Å². The average Bonchev–Trinajstić information content (AvgIpc) is 2.90. The lowest BCUT2D eigenvalue weighted by atomic mass is 10.1. The number of nitrogens with one attached hydrogen (secondary N) is 2. The van der Waals surface area contributed by atoms with Crippen LogP contribution >= 0.6 is 0 Å². The molecule has 108 valence electrons. The van der Waals surface area contributed by atoms with E-state index >= 15 is 0 Å². The van der Waals surface area contributed by atoms with Gasteiger partial charge in [0.05, 0.1) is 18.5 Å². The summed E-state index contributed by atoms with van der Waals surface area (Å²) in [5, 5.41) is 12.9. The third kappa shape index (κ3) is 7.53. The summed E-state index contributed by atoms with van der Waals surface area (Å²) in [7, 11) is 1.60. The molecule has 1 aromatic heterocycles. The van der Waals surface area contributed by atoms with Crippen molar-refractivity contribution >= 4 is 5.91 Å². The number of amides is 1. The summed E-state index contributed by atoms with van der Waals surface area (Å²) in [5.41, 5.74) is 6.74. The fourth-order valence-corrected chi connectivity index (χ4v) is 1.67. The number of H-pyrrole nitrogens is 1. The van der Waals surface area contributed by atoms with E-state index in [4.69, 9.17) is 10.5 Å². The molecule has 0 aliphatic carbocycles. The molecular weight excluding hydrogens is 246 g/mol. The van der Waals surface area contributed by atoms with E-state index in [0.29, 0.717) is 19.6 Å². The molecule has 0 bridgehead atoms. The number of aryl methyl sites for hydroxylation is 1. The largest absolute Gasteiger partial charge is 0.380 e. The minimum absolute atomic E-state index is 0.0521. The van der Waals surface area contributed by atoms with Gasteiger partial charge >= 0.3 is 0 Å². The Hall–Kier alpha value is -1.47. The minimum Gasteiger partial charge on any atom is -0.380 e. The number of unbranched alkanes of at least 4 members (excludes halogenated alkanes) is 2. The van der Waals surface area contributed by atoms with Crippen LogP contribution in [0.1, 0.15) is 31.4 Å². The van der Waals surface area contributed by atoms with Gasteiger partial charge in [-0.2, -0.15) is 15.4 Å². The molecule has 1 unspecified atom stereocenters. The quantitative estimate of drug-likeness (QED) is 0.518. The van der Waals surface area contributed by atoms with Crippen LogP contribution in [0.3, 0.4) is 0 Å². The molecule has 1 amide bonds. The predicted molar refractivity (Wildman–Crippen MR) is 71.4 cm³/mol. The number of carbonyl (C=O) groups excluding carboxylic acids is 1. The van der Waals surface area contributed by atoms with E-state index in [9.17, 15) is 4.79 Å². The monoisotopic (exact) mass is 269 g/mol. The smallest absolute Gasteiger partial charge is 0.221 e. The van der Waals surface area contributed by atoms with Crippen molar-refractivity contribution in [2.24, 2.45) is 5.73 Å². The molecule has 0 radical (unpaired) electrons. The topological polar surface area (TPSA) is 106 Å². The number of ether oxygens (including phenoxy) is 1. The second-order valence-corrected chi connectivity index (χ2v) is 4.48. The zero-order chi connectivity index (χ0) is 13.9. The SMILES string of the molecule is CNC(=O)CC(N)COCCCCCc1cn[nH]n1. The molecule has 0 aliphatic heterocycles. The second kappa shape index (κ2) is 9.46. The van der Waals surface area contributed by atoms with Crippen LogP contribution in [-0.2, 0) is 16.0 Å². The summed E-state index contributed by atoms with van der Waals surface area (Å²) in [6.45, 7) is 1.11. The average molecular weight is 269 g/mol. The number of rotatable bonds is 10. The molecule has 0 spiro atoms. The van der Waals surface area contributed by atoms with Gasteiger partial charge in [-0.15, -0.1) is 0 Å². The van der Waals surface area contributed by atoms with Crippen molar-refractivity contribution in [2.45, 2.75) is 38.1 Å². The third-order valence-corrected chi connectivity index (χ3v) is 2.74. The van der Waals surface area contributed by atoms with Crippen molar-refractivity contribution in [3.8, 4) is 0 Å². The van der Waals surface area contributed by atoms with Crippen LogP contribution in [0.4, 0.5) is 0 Å². The molecule has 4 N–H and O–H groups in total. The van der Waals surface area contributed by atoms with Crippen LogP contribution in [0.5, 0.6) is 0 Å². The highest BCUT2D eigenvalue weighted by Gasteiger charge is 2.07. The molecular formula is C12H23N5O2. The molecule has 1 aromatic rings. The molecule has 19 heavy (non-hydrogen) atoms. The van der Waals surface area contributed by atoms with Crippen molar-refractivity contribution in [3.05, 3.63) is 11.9 Å². The van der Waals surface area contributed by atoms with Gasteiger partial charge < -0.3 is 15.8 Å². The van der Waals surface area contributed by atoms with Crippen molar-refractivity contribution in [1.29, 1.82) is 0 Å². The molecule has 0 saturated carbocycles. The van der Waals surface area contributed by atoms with Gasteiger partial charge in [-0.3, -0.25) is 4.79 Å². The number of hydrogen-bond donors (Lipinski definition) is 3. The van der Waals surface area contributed by atoms with Gasteiger partial charge in [0, 0.05) is 26.1 Å². The van der Waals surface area contributed by atoms with E-state index in [1.165, 1.54) is 0 Å². The number of aromatic nitrogens is 3. The van der Waals surface area contributed by atoms with Crippen LogP contribution in [-0.4, -0.2) is 47.6 Å². The summed E-state index contributed by atoms with van der Waals surface area (Å²) < 4.78 is 5.44. The van der Waals surface area contributed by atoms with Gasteiger partial charge in [-0.05, 0) is 19.3 Å². The third-order valence-electron chi connectivity index (χ3n) is 2.74. The zero-order valence-electron chi connectivity index (χ0n) is 11.4. The Morgan fingerprint density at radius 3 is 3.05 bits per heavy atom. The summed E-state index contributed by atoms with van der Waals surface area (Å²) in [6.07, 6.45) is 6.13. The van der Waals surface area contributed by atoms with Gasteiger partial charge in [0.1, 0.15) is 0 Å². The Balaban J connectivity index is 1.89. The number of hydrogen-bond acceptors (Lipinski definition) is 5. The normalized spacial score (nSPS) is 12.3. The Morgan fingerprint density at radius 2 is 2.37 bits per heavy atom. The standard InChI is InChI=1S/C12H23N5O2/c1-14-12(18)7-10(13)9-19-6-4-2-3-5-11-8-15-17-16-11/h8,10H,2-7,9,13H2,1H3,(H,14,18)(H,15,16,17). The first kappa shape index (κ1) is 15.6. The lowest BCUT2D eigenvalue weighted by molar-refractivity contribution is -0.121. The van der Waals surface area contributed by atoms with Crippen molar-refractivity contribution in [2.75, 3.05) is 20.3 Å². The fraction of sp³-hybridized carbons (Fsp3) is 0.750. The number of nitrogens with two attached hydrogens (primary N) is 1. The number of aromatic amines is 1. The predicted octanol–water partition coefficient (Wildman–Crippen LogP) is -0.00250. The van der Waals surface area contributed by atoms with E-state index < -0.39 is 0 Å². The van der Waals surface area contributed by atoms with Gasteiger partial charge in [0.25, 0.3) is 0 Å². The van der Waals surface area contributed by atoms with Crippen molar-refractivity contribution in [1.82, 2.24) is 20.7 Å². The molecule has 1 atom stereocenters. The lowest BCUT2D eigenvalue weighted by Gasteiger charge is -2.11. The van der Waals surface area contributed by atoms with Crippen LogP contribution in [0.15, 0.2) is 6.20 Å². The van der Waals surface area contributed by atoms with E-state index in [1.807, 2.05) is 0 Å². The Bertz CT molecular complexity index is 342. The maximum atomic E-state index is 11.0. The van der Waals surface area contributed by atoms with Crippen molar-refractivity contribution in [3.63, 3.8) is 0 Å². The Morgan fingerprint density at radius 1 is 1.53 bits per heavy atom. The first-order chi connectivity index (χ1) is 9.22. The summed E-state index contributed by atoms with van der Waals surface area (Å²) >= 11 is 0. The van der Waals surface area contributed by atoms with Gasteiger partial charge in [-0.25, -0.2) is 0 Å². The number of nitrogens with zero attached hydrogens (tertiary/aromatic N) is 2. The molecule has 1 heterocycles. The summed E-state index contributed by atoms with van der Waals surface area (Å²) in [6, 6.07) is -0.227. The molecule has 0 fully saturated rings. The van der Waals surface area contributed by atoms with Crippen LogP contribution in [0, 0.1) is 0 Å². The molecule has 7 heteroatoms. The lowest BCUT2D eigenvalue weighted by Crippen LogP contribution is -2.33. The minimum atomic E-state index is -0.227. The maximum Gasteiger partial charge on any atom is 0.221 e. The molecule has 0 aliphatic rings. The first-order valence-electron chi connectivity index (χ1n) is 6.61. The highest BCUT2D eigenvalue weighted by molar-refractivity contribution is 5.76. The van der Waals surface area contributed by atoms with Gasteiger partial charge in [0.15, 0.2) is 0 Å². The molecule has 1 rings (SSSR count). The second-order valence-electron chi connectivity index (χ2n) is 4.48. The van der Waals surface area contributed by atoms with E-state index in [-0.39, 0.29) is 11.9 Å². The zero-order valence-corrected chi connectivity index (χ0v) is 11.4. The van der Waals surface area contributed by atoms with E-state index in [0.717, 1.165) is 31.4 Å². The van der Waals surface area contributed by atoms with Crippen LogP contribution < -0.4 is 11.1 Å². The summed E-state index contributed by atoms with van der Waals surface area (Å²) in [5.74, 6) is -0.0521.